The molecule has 0 aliphatic carbocycles. The highest BCUT2D eigenvalue weighted by atomic mass is 19.1. The second kappa shape index (κ2) is 7.32. The summed E-state index contributed by atoms with van der Waals surface area (Å²) in [6.45, 7) is 0.0107. The normalized spacial score (nSPS) is 10.2. The lowest BCUT2D eigenvalue weighted by Gasteiger charge is -2.22. The van der Waals surface area contributed by atoms with Gasteiger partial charge in [0.05, 0.1) is 4.92 Å². The summed E-state index contributed by atoms with van der Waals surface area (Å²) in [6, 6.07) is 10.3. The van der Waals surface area contributed by atoms with Gasteiger partial charge in [-0.25, -0.2) is 4.39 Å². The Bertz CT molecular complexity index is 760. The number of benzene rings is 2. The van der Waals surface area contributed by atoms with E-state index in [1.54, 1.807) is 0 Å². The summed E-state index contributed by atoms with van der Waals surface area (Å²) in [4.78, 5) is 35.0. The summed E-state index contributed by atoms with van der Waals surface area (Å²) >= 11 is 0. The number of non-ortho nitro benzene ring substituents is 1. The van der Waals surface area contributed by atoms with Crippen LogP contribution >= 0.6 is 0 Å². The second-order valence-corrected chi connectivity index (χ2v) is 4.95. The molecule has 0 spiro atoms. The summed E-state index contributed by atoms with van der Waals surface area (Å²) in [5.41, 5.74) is 5.57. The van der Waals surface area contributed by atoms with Crippen LogP contribution in [0.1, 0.15) is 16.8 Å². The van der Waals surface area contributed by atoms with Crippen LogP contribution in [0.5, 0.6) is 0 Å². The summed E-state index contributed by atoms with van der Waals surface area (Å²) < 4.78 is 13.1. The molecule has 0 saturated heterocycles. The number of hydrogen-bond donors (Lipinski definition) is 1. The predicted octanol–water partition coefficient (Wildman–Crippen LogP) is 2.26. The van der Waals surface area contributed by atoms with Gasteiger partial charge in [0.1, 0.15) is 5.82 Å². The number of hydrogen-bond acceptors (Lipinski definition) is 4. The van der Waals surface area contributed by atoms with E-state index in [1.165, 1.54) is 53.4 Å². The van der Waals surface area contributed by atoms with Gasteiger partial charge in [0.15, 0.2) is 0 Å². The maximum absolute atomic E-state index is 13.1. The van der Waals surface area contributed by atoms with Crippen molar-refractivity contribution in [2.24, 2.45) is 5.73 Å². The van der Waals surface area contributed by atoms with E-state index < -0.39 is 22.6 Å². The van der Waals surface area contributed by atoms with Crippen LogP contribution < -0.4 is 10.6 Å². The van der Waals surface area contributed by atoms with Crippen molar-refractivity contribution in [2.75, 3.05) is 11.4 Å². The van der Waals surface area contributed by atoms with Gasteiger partial charge in [-0.05, 0) is 36.4 Å². The van der Waals surface area contributed by atoms with Crippen molar-refractivity contribution in [3.05, 3.63) is 70.0 Å². The number of nitro groups is 1. The summed E-state index contributed by atoms with van der Waals surface area (Å²) in [6.07, 6.45) is -0.0733. The summed E-state index contributed by atoms with van der Waals surface area (Å²) in [5, 5.41) is 10.7. The minimum atomic E-state index is -0.585. The third kappa shape index (κ3) is 4.13. The number of primary amides is 1. The quantitative estimate of drug-likeness (QED) is 0.647. The average molecular weight is 331 g/mol. The number of rotatable bonds is 6. The van der Waals surface area contributed by atoms with Crippen molar-refractivity contribution in [2.45, 2.75) is 6.42 Å². The number of amides is 2. The molecular formula is C16H14FN3O4. The van der Waals surface area contributed by atoms with Gasteiger partial charge in [0, 0.05) is 36.3 Å². The Hall–Kier alpha value is -3.29. The zero-order valence-electron chi connectivity index (χ0n) is 12.5. The van der Waals surface area contributed by atoms with E-state index in [2.05, 4.69) is 0 Å². The van der Waals surface area contributed by atoms with Gasteiger partial charge < -0.3 is 10.6 Å². The van der Waals surface area contributed by atoms with E-state index in [-0.39, 0.29) is 24.2 Å². The first kappa shape index (κ1) is 17.1. The lowest BCUT2D eigenvalue weighted by molar-refractivity contribution is -0.384. The molecule has 8 heteroatoms. The van der Waals surface area contributed by atoms with Crippen LogP contribution in [-0.2, 0) is 4.79 Å². The Morgan fingerprint density at radius 1 is 1.08 bits per heavy atom. The van der Waals surface area contributed by atoms with Crippen molar-refractivity contribution in [1.29, 1.82) is 0 Å². The summed E-state index contributed by atoms with van der Waals surface area (Å²) in [5.74, 6) is -1.52. The third-order valence-electron chi connectivity index (χ3n) is 3.29. The molecule has 0 heterocycles. The molecule has 7 nitrogen and oxygen atoms in total. The van der Waals surface area contributed by atoms with Gasteiger partial charge in [0.2, 0.25) is 5.91 Å². The maximum Gasteiger partial charge on any atom is 0.269 e. The van der Waals surface area contributed by atoms with Crippen LogP contribution in [0.3, 0.4) is 0 Å². The minimum Gasteiger partial charge on any atom is -0.370 e. The van der Waals surface area contributed by atoms with Crippen molar-refractivity contribution in [3.8, 4) is 0 Å². The zero-order valence-corrected chi connectivity index (χ0v) is 12.5. The molecule has 0 saturated carbocycles. The molecule has 2 aromatic rings. The van der Waals surface area contributed by atoms with Crippen molar-refractivity contribution >= 4 is 23.2 Å². The largest absolute Gasteiger partial charge is 0.370 e. The van der Waals surface area contributed by atoms with Gasteiger partial charge in [-0.1, -0.05) is 0 Å². The Labute approximate surface area is 136 Å². The van der Waals surface area contributed by atoms with E-state index in [9.17, 15) is 24.1 Å². The predicted molar refractivity (Wildman–Crippen MR) is 85.0 cm³/mol. The molecule has 0 radical (unpaired) electrons. The summed E-state index contributed by atoms with van der Waals surface area (Å²) in [7, 11) is 0. The highest BCUT2D eigenvalue weighted by Crippen LogP contribution is 2.20. The fraction of sp³-hybridized carbons (Fsp3) is 0.125. The topological polar surface area (TPSA) is 107 Å². The van der Waals surface area contributed by atoms with Gasteiger partial charge in [-0.3, -0.25) is 19.7 Å². The number of nitro benzene ring substituents is 1. The number of halogens is 1. The average Bonchev–Trinajstić information content (AvgIpc) is 2.56. The molecular weight excluding hydrogens is 317 g/mol. The molecule has 2 amide bonds. The van der Waals surface area contributed by atoms with Gasteiger partial charge in [-0.15, -0.1) is 0 Å². The number of nitrogens with zero attached hydrogens (tertiary/aromatic N) is 2. The Kier molecular flexibility index (Phi) is 5.20. The van der Waals surface area contributed by atoms with Crippen LogP contribution in [0.25, 0.3) is 0 Å². The Morgan fingerprint density at radius 2 is 1.67 bits per heavy atom. The molecule has 0 aliphatic heterocycles. The lowest BCUT2D eigenvalue weighted by Crippen LogP contribution is -2.34. The molecule has 0 aromatic heterocycles. The van der Waals surface area contributed by atoms with Crippen LogP contribution in [0.2, 0.25) is 0 Å². The van der Waals surface area contributed by atoms with Crippen molar-refractivity contribution in [3.63, 3.8) is 0 Å². The van der Waals surface area contributed by atoms with Crippen molar-refractivity contribution < 1.29 is 18.9 Å². The molecule has 2 rings (SSSR count). The first-order chi connectivity index (χ1) is 11.4. The van der Waals surface area contributed by atoms with Gasteiger partial charge in [-0.2, -0.15) is 0 Å². The van der Waals surface area contributed by atoms with E-state index in [0.29, 0.717) is 5.69 Å². The van der Waals surface area contributed by atoms with E-state index >= 15 is 0 Å². The van der Waals surface area contributed by atoms with Gasteiger partial charge >= 0.3 is 0 Å². The maximum atomic E-state index is 13.1. The van der Waals surface area contributed by atoms with Crippen LogP contribution in [0.15, 0.2) is 48.5 Å². The van der Waals surface area contributed by atoms with Gasteiger partial charge in [0.25, 0.3) is 11.6 Å². The molecule has 0 atom stereocenters. The highest BCUT2D eigenvalue weighted by Gasteiger charge is 2.19. The monoisotopic (exact) mass is 331 g/mol. The smallest absolute Gasteiger partial charge is 0.269 e. The number of carbonyl (C=O) groups is 2. The lowest BCUT2D eigenvalue weighted by atomic mass is 10.1. The second-order valence-electron chi connectivity index (χ2n) is 4.95. The molecule has 124 valence electrons. The molecule has 0 aliphatic rings. The molecule has 2 N–H and O–H groups in total. The number of carbonyl (C=O) groups excluding carboxylic acids is 2. The van der Waals surface area contributed by atoms with Crippen LogP contribution in [0, 0.1) is 15.9 Å². The number of anilines is 1. The van der Waals surface area contributed by atoms with Crippen molar-refractivity contribution in [1.82, 2.24) is 0 Å². The minimum absolute atomic E-state index is 0.0107. The first-order valence-electron chi connectivity index (χ1n) is 6.98. The first-order valence-corrected chi connectivity index (χ1v) is 6.98. The SMILES string of the molecule is NC(=O)CCN(C(=O)c1ccc([N+](=O)[O-])cc1)c1ccc(F)cc1. The third-order valence-corrected chi connectivity index (χ3v) is 3.29. The van der Waals surface area contributed by atoms with E-state index in [4.69, 9.17) is 5.73 Å². The highest BCUT2D eigenvalue weighted by molar-refractivity contribution is 6.06. The molecule has 0 fully saturated rings. The standard InChI is InChI=1S/C16H14FN3O4/c17-12-3-7-13(8-4-12)19(10-9-15(18)21)16(22)11-1-5-14(6-2-11)20(23)24/h1-8H,9-10H2,(H2,18,21). The molecule has 2 aromatic carbocycles. The van der Waals surface area contributed by atoms with E-state index in [1.807, 2.05) is 0 Å². The Morgan fingerprint density at radius 3 is 2.17 bits per heavy atom. The van der Waals surface area contributed by atoms with Crippen LogP contribution in [-0.4, -0.2) is 23.3 Å². The molecule has 0 unspecified atom stereocenters. The van der Waals surface area contributed by atoms with Crippen LogP contribution in [0.4, 0.5) is 15.8 Å². The number of nitrogens with two attached hydrogens (primary N) is 1. The Balaban J connectivity index is 2.30. The molecule has 0 bridgehead atoms. The fourth-order valence-corrected chi connectivity index (χ4v) is 2.07. The molecule has 24 heavy (non-hydrogen) atoms. The zero-order chi connectivity index (χ0) is 17.7. The fourth-order valence-electron chi connectivity index (χ4n) is 2.07. The van der Waals surface area contributed by atoms with E-state index in [0.717, 1.165) is 0 Å².